The first-order valence-corrected chi connectivity index (χ1v) is 9.56. The fourth-order valence-electron chi connectivity index (χ4n) is 3.66. The van der Waals surface area contributed by atoms with Gasteiger partial charge in [-0.25, -0.2) is 4.98 Å². The highest BCUT2D eigenvalue weighted by Gasteiger charge is 2.20. The zero-order valence-corrected chi connectivity index (χ0v) is 14.6. The molecule has 124 valence electrons. The van der Waals surface area contributed by atoms with E-state index >= 15 is 0 Å². The lowest BCUT2D eigenvalue weighted by molar-refractivity contribution is 0.522. The fourth-order valence-corrected chi connectivity index (χ4v) is 4.63. The van der Waals surface area contributed by atoms with Crippen molar-refractivity contribution in [3.8, 4) is 22.0 Å². The molecule has 1 saturated carbocycles. The molecule has 0 unspecified atom stereocenters. The second-order valence-electron chi connectivity index (χ2n) is 6.56. The van der Waals surface area contributed by atoms with Crippen LogP contribution in [0.1, 0.15) is 31.7 Å². The maximum atomic E-state index is 4.74. The van der Waals surface area contributed by atoms with E-state index < -0.39 is 0 Å². The van der Waals surface area contributed by atoms with Crippen LogP contribution in [0.3, 0.4) is 0 Å². The topological polar surface area (TPSA) is 43.6 Å². The van der Waals surface area contributed by atoms with Crippen LogP contribution < -0.4 is 0 Å². The van der Waals surface area contributed by atoms with Gasteiger partial charge in [-0.2, -0.15) is 0 Å². The fraction of sp³-hybridized carbons (Fsp3) is 0.250. The van der Waals surface area contributed by atoms with Crippen LogP contribution in [0.4, 0.5) is 0 Å². The predicted molar refractivity (Wildman–Crippen MR) is 102 cm³/mol. The Balaban J connectivity index is 1.48. The van der Waals surface area contributed by atoms with Gasteiger partial charge in [-0.15, -0.1) is 21.5 Å². The lowest BCUT2D eigenvalue weighted by atomic mass is 10.1. The standard InChI is InChI=1S/C20H18N4S/c1-2-6-16(5-1)24-13-21-23-19(24)14-9-11-15(12-10-14)20-22-17-7-3-4-8-18(17)25-20/h3-4,7-13,16H,1-2,5-6H2. The molecule has 1 aliphatic carbocycles. The molecule has 0 spiro atoms. The number of fused-ring (bicyclic) bond motifs is 1. The Labute approximate surface area is 150 Å². The molecular formula is C20H18N4S. The number of nitrogens with zero attached hydrogens (tertiary/aromatic N) is 4. The van der Waals surface area contributed by atoms with Crippen LogP contribution in [-0.2, 0) is 0 Å². The van der Waals surface area contributed by atoms with E-state index in [0.717, 1.165) is 27.5 Å². The van der Waals surface area contributed by atoms with Crippen molar-refractivity contribution >= 4 is 21.6 Å². The summed E-state index contributed by atoms with van der Waals surface area (Å²) >= 11 is 1.73. The highest BCUT2D eigenvalue weighted by atomic mass is 32.1. The van der Waals surface area contributed by atoms with Crippen molar-refractivity contribution in [2.24, 2.45) is 0 Å². The molecule has 0 bridgehead atoms. The van der Waals surface area contributed by atoms with E-state index in [4.69, 9.17) is 4.98 Å². The number of hydrogen-bond acceptors (Lipinski definition) is 4. The van der Waals surface area contributed by atoms with Crippen molar-refractivity contribution in [1.29, 1.82) is 0 Å². The molecular weight excluding hydrogens is 328 g/mol. The number of aromatic nitrogens is 4. The molecule has 2 heterocycles. The van der Waals surface area contributed by atoms with E-state index in [1.54, 1.807) is 11.3 Å². The van der Waals surface area contributed by atoms with Gasteiger partial charge in [0.05, 0.1) is 10.2 Å². The lowest BCUT2D eigenvalue weighted by Crippen LogP contribution is -2.05. The van der Waals surface area contributed by atoms with E-state index in [2.05, 4.69) is 57.2 Å². The molecule has 0 radical (unpaired) electrons. The van der Waals surface area contributed by atoms with Crippen LogP contribution in [0, 0.1) is 0 Å². The SMILES string of the molecule is c1ccc2sc(-c3ccc(-c4nncn4C4CCCC4)cc3)nc2c1. The molecule has 2 aromatic heterocycles. The summed E-state index contributed by atoms with van der Waals surface area (Å²) in [5, 5.41) is 9.58. The largest absolute Gasteiger partial charge is 0.310 e. The molecule has 25 heavy (non-hydrogen) atoms. The molecule has 1 aliphatic rings. The maximum Gasteiger partial charge on any atom is 0.164 e. The number of hydrogen-bond donors (Lipinski definition) is 0. The highest BCUT2D eigenvalue weighted by molar-refractivity contribution is 7.21. The second kappa shape index (κ2) is 6.08. The van der Waals surface area contributed by atoms with Crippen molar-refractivity contribution in [3.63, 3.8) is 0 Å². The van der Waals surface area contributed by atoms with Crippen LogP contribution >= 0.6 is 11.3 Å². The van der Waals surface area contributed by atoms with E-state index in [0.29, 0.717) is 6.04 Å². The average Bonchev–Trinajstić information content (AvgIpc) is 3.40. The normalized spacial score (nSPS) is 15.2. The van der Waals surface area contributed by atoms with Gasteiger partial charge in [-0.3, -0.25) is 0 Å². The van der Waals surface area contributed by atoms with Crippen molar-refractivity contribution < 1.29 is 0 Å². The summed E-state index contributed by atoms with van der Waals surface area (Å²) in [4.78, 5) is 4.74. The molecule has 0 saturated heterocycles. The van der Waals surface area contributed by atoms with Crippen molar-refractivity contribution in [1.82, 2.24) is 19.7 Å². The van der Waals surface area contributed by atoms with Gasteiger partial charge >= 0.3 is 0 Å². The van der Waals surface area contributed by atoms with Gasteiger partial charge in [0.2, 0.25) is 0 Å². The Morgan fingerprint density at radius 2 is 1.68 bits per heavy atom. The monoisotopic (exact) mass is 346 g/mol. The Kier molecular flexibility index (Phi) is 3.59. The van der Waals surface area contributed by atoms with E-state index in [9.17, 15) is 0 Å². The van der Waals surface area contributed by atoms with Crippen molar-refractivity contribution in [3.05, 3.63) is 54.9 Å². The smallest absolute Gasteiger partial charge is 0.164 e. The zero-order valence-electron chi connectivity index (χ0n) is 13.8. The van der Waals surface area contributed by atoms with Crippen molar-refractivity contribution in [2.75, 3.05) is 0 Å². The van der Waals surface area contributed by atoms with E-state index in [1.165, 1.54) is 30.4 Å². The quantitative estimate of drug-likeness (QED) is 0.503. The Morgan fingerprint density at radius 1 is 0.920 bits per heavy atom. The summed E-state index contributed by atoms with van der Waals surface area (Å²) in [6.07, 6.45) is 6.95. The Bertz CT molecular complexity index is 977. The molecule has 0 atom stereocenters. The third kappa shape index (κ3) is 2.65. The molecule has 5 heteroatoms. The van der Waals surface area contributed by atoms with Gasteiger partial charge in [-0.05, 0) is 25.0 Å². The summed E-state index contributed by atoms with van der Waals surface area (Å²) < 4.78 is 3.47. The third-order valence-corrected chi connectivity index (χ3v) is 6.06. The third-order valence-electron chi connectivity index (χ3n) is 4.98. The molecule has 4 nitrogen and oxygen atoms in total. The number of benzene rings is 2. The highest BCUT2D eigenvalue weighted by Crippen LogP contribution is 2.34. The molecule has 5 rings (SSSR count). The Hall–Kier alpha value is -2.53. The van der Waals surface area contributed by atoms with Gasteiger partial charge < -0.3 is 4.57 Å². The van der Waals surface area contributed by atoms with Gasteiger partial charge in [0.1, 0.15) is 11.3 Å². The van der Waals surface area contributed by atoms with Gasteiger partial charge in [0, 0.05) is 17.2 Å². The van der Waals surface area contributed by atoms with E-state index in [-0.39, 0.29) is 0 Å². The van der Waals surface area contributed by atoms with Crippen LogP contribution in [0.25, 0.3) is 32.2 Å². The zero-order chi connectivity index (χ0) is 16.6. The van der Waals surface area contributed by atoms with Crippen LogP contribution in [0.15, 0.2) is 54.9 Å². The molecule has 0 amide bonds. The van der Waals surface area contributed by atoms with Gasteiger partial charge in [-0.1, -0.05) is 49.2 Å². The first kappa shape index (κ1) is 14.8. The first-order chi connectivity index (χ1) is 12.4. The predicted octanol–water partition coefficient (Wildman–Crippen LogP) is 5.34. The number of rotatable bonds is 3. The van der Waals surface area contributed by atoms with Gasteiger partial charge in [0.25, 0.3) is 0 Å². The molecule has 0 aliphatic heterocycles. The average molecular weight is 346 g/mol. The minimum Gasteiger partial charge on any atom is -0.310 e. The van der Waals surface area contributed by atoms with Crippen LogP contribution in [0.5, 0.6) is 0 Å². The minimum absolute atomic E-state index is 0.550. The first-order valence-electron chi connectivity index (χ1n) is 8.74. The van der Waals surface area contributed by atoms with Crippen LogP contribution in [-0.4, -0.2) is 19.7 Å². The summed E-state index contributed by atoms with van der Waals surface area (Å²) in [5.41, 5.74) is 3.33. The van der Waals surface area contributed by atoms with E-state index in [1.807, 2.05) is 12.4 Å². The Morgan fingerprint density at radius 3 is 2.48 bits per heavy atom. The maximum absolute atomic E-state index is 4.74. The molecule has 2 aromatic carbocycles. The molecule has 0 N–H and O–H groups in total. The van der Waals surface area contributed by atoms with Gasteiger partial charge in [0.15, 0.2) is 5.82 Å². The van der Waals surface area contributed by atoms with Crippen molar-refractivity contribution in [2.45, 2.75) is 31.7 Å². The second-order valence-corrected chi connectivity index (χ2v) is 7.59. The molecule has 4 aromatic rings. The summed E-state index contributed by atoms with van der Waals surface area (Å²) in [5.74, 6) is 0.975. The summed E-state index contributed by atoms with van der Waals surface area (Å²) in [7, 11) is 0. The number of para-hydroxylation sites is 1. The lowest BCUT2D eigenvalue weighted by Gasteiger charge is -2.13. The molecule has 1 fully saturated rings. The number of thiazole rings is 1. The van der Waals surface area contributed by atoms with Crippen LogP contribution in [0.2, 0.25) is 0 Å². The minimum atomic E-state index is 0.550. The summed E-state index contributed by atoms with van der Waals surface area (Å²) in [6.45, 7) is 0. The summed E-state index contributed by atoms with van der Waals surface area (Å²) in [6, 6.07) is 17.4.